The van der Waals surface area contributed by atoms with Crippen molar-refractivity contribution in [1.29, 1.82) is 0 Å². The molecule has 1 aromatic carbocycles. The fourth-order valence-electron chi connectivity index (χ4n) is 2.47. The van der Waals surface area contributed by atoms with Gasteiger partial charge in [-0.2, -0.15) is 0 Å². The average molecular weight is 297 g/mol. The lowest BCUT2D eigenvalue weighted by atomic mass is 9.96. The Morgan fingerprint density at radius 3 is 2.19 bits per heavy atom. The minimum Gasteiger partial charge on any atom is -0.264 e. The van der Waals surface area contributed by atoms with Crippen LogP contribution in [0.25, 0.3) is 11.1 Å². The Morgan fingerprint density at radius 2 is 1.62 bits per heavy atom. The maximum absolute atomic E-state index is 11.5. The van der Waals surface area contributed by atoms with Crippen LogP contribution in [0.5, 0.6) is 0 Å². The standard InChI is InChI=1S/C17H15NO2S/c1-21(19,20)15-9-7-13(8-10-15)16-5-2-6-17(16)14-4-3-11-18-12-14/h3-12H,2H2,1H3. The third kappa shape index (κ3) is 2.81. The molecule has 1 aromatic heterocycles. The Morgan fingerprint density at radius 1 is 0.952 bits per heavy atom. The highest BCUT2D eigenvalue weighted by Gasteiger charge is 2.15. The normalized spacial score (nSPS) is 14.7. The van der Waals surface area contributed by atoms with Crippen molar-refractivity contribution in [2.45, 2.75) is 11.3 Å². The number of allylic oxidation sites excluding steroid dienone is 4. The van der Waals surface area contributed by atoms with Crippen molar-refractivity contribution in [1.82, 2.24) is 4.98 Å². The van der Waals surface area contributed by atoms with Crippen LogP contribution in [0.2, 0.25) is 0 Å². The van der Waals surface area contributed by atoms with E-state index in [2.05, 4.69) is 17.1 Å². The van der Waals surface area contributed by atoms with Crippen molar-refractivity contribution >= 4 is 21.0 Å². The number of rotatable bonds is 3. The Balaban J connectivity index is 1.96. The summed E-state index contributed by atoms with van der Waals surface area (Å²) in [5.74, 6) is 0. The lowest BCUT2D eigenvalue weighted by molar-refractivity contribution is 0.602. The van der Waals surface area contributed by atoms with Crippen LogP contribution >= 0.6 is 0 Å². The molecule has 0 N–H and O–H groups in total. The van der Waals surface area contributed by atoms with Crippen LogP contribution in [-0.2, 0) is 9.84 Å². The van der Waals surface area contributed by atoms with E-state index < -0.39 is 9.84 Å². The molecule has 0 saturated heterocycles. The molecule has 2 aromatic rings. The van der Waals surface area contributed by atoms with Crippen molar-refractivity contribution in [3.8, 4) is 0 Å². The van der Waals surface area contributed by atoms with Gasteiger partial charge < -0.3 is 0 Å². The molecule has 0 atom stereocenters. The summed E-state index contributed by atoms with van der Waals surface area (Å²) < 4.78 is 23.0. The number of sulfone groups is 1. The smallest absolute Gasteiger partial charge is 0.175 e. The Labute approximate surface area is 124 Å². The van der Waals surface area contributed by atoms with Crippen LogP contribution in [-0.4, -0.2) is 19.7 Å². The minimum atomic E-state index is -3.15. The fourth-order valence-corrected chi connectivity index (χ4v) is 3.10. The molecule has 0 spiro atoms. The number of benzene rings is 1. The largest absolute Gasteiger partial charge is 0.264 e. The SMILES string of the molecule is CS(=O)(=O)c1ccc(C2=CCC=C2c2cccnc2)cc1. The van der Waals surface area contributed by atoms with E-state index in [1.165, 1.54) is 6.26 Å². The zero-order valence-corrected chi connectivity index (χ0v) is 12.5. The van der Waals surface area contributed by atoms with Gasteiger partial charge in [-0.3, -0.25) is 4.98 Å². The van der Waals surface area contributed by atoms with E-state index in [4.69, 9.17) is 0 Å². The Hall–Kier alpha value is -2.20. The van der Waals surface area contributed by atoms with Crippen molar-refractivity contribution in [2.24, 2.45) is 0 Å². The molecule has 3 nitrogen and oxygen atoms in total. The maximum atomic E-state index is 11.5. The van der Waals surface area contributed by atoms with Crippen LogP contribution in [0.4, 0.5) is 0 Å². The highest BCUT2D eigenvalue weighted by molar-refractivity contribution is 7.90. The summed E-state index contributed by atoms with van der Waals surface area (Å²) in [6.45, 7) is 0. The zero-order valence-electron chi connectivity index (χ0n) is 11.7. The fraction of sp³-hybridized carbons (Fsp3) is 0.118. The zero-order chi connectivity index (χ0) is 14.9. The van der Waals surface area contributed by atoms with Crippen molar-refractivity contribution < 1.29 is 8.42 Å². The van der Waals surface area contributed by atoms with E-state index in [1.54, 1.807) is 18.3 Å². The van der Waals surface area contributed by atoms with Crippen molar-refractivity contribution in [3.05, 3.63) is 72.1 Å². The number of hydrogen-bond donors (Lipinski definition) is 0. The quantitative estimate of drug-likeness (QED) is 0.872. The molecule has 0 fully saturated rings. The molecule has 4 heteroatoms. The Kier molecular flexibility index (Phi) is 3.47. The lowest BCUT2D eigenvalue weighted by Crippen LogP contribution is -1.97. The van der Waals surface area contributed by atoms with E-state index in [1.807, 2.05) is 30.5 Å². The molecule has 0 radical (unpaired) electrons. The van der Waals surface area contributed by atoms with Crippen molar-refractivity contribution in [3.63, 3.8) is 0 Å². The molecule has 0 unspecified atom stereocenters. The third-order valence-electron chi connectivity index (χ3n) is 3.50. The summed E-state index contributed by atoms with van der Waals surface area (Å²) in [6.07, 6.45) is 10.0. The van der Waals surface area contributed by atoms with Crippen LogP contribution in [0.3, 0.4) is 0 Å². The molecular formula is C17H15NO2S. The highest BCUT2D eigenvalue weighted by atomic mass is 32.2. The van der Waals surface area contributed by atoms with Gasteiger partial charge in [0.25, 0.3) is 0 Å². The van der Waals surface area contributed by atoms with Gasteiger partial charge in [-0.15, -0.1) is 0 Å². The van der Waals surface area contributed by atoms with Crippen LogP contribution in [0.15, 0.2) is 65.8 Å². The second-order valence-electron chi connectivity index (χ2n) is 5.01. The van der Waals surface area contributed by atoms with Gasteiger partial charge in [-0.25, -0.2) is 8.42 Å². The maximum Gasteiger partial charge on any atom is 0.175 e. The summed E-state index contributed by atoms with van der Waals surface area (Å²) in [7, 11) is -3.15. The van der Waals surface area contributed by atoms with E-state index in [0.717, 1.165) is 28.7 Å². The topological polar surface area (TPSA) is 47.0 Å². The number of nitrogens with zero attached hydrogens (tertiary/aromatic N) is 1. The van der Waals surface area contributed by atoms with Crippen LogP contribution < -0.4 is 0 Å². The van der Waals surface area contributed by atoms with Gasteiger partial charge in [0.15, 0.2) is 9.84 Å². The van der Waals surface area contributed by atoms with Gasteiger partial charge in [0, 0.05) is 24.2 Å². The highest BCUT2D eigenvalue weighted by Crippen LogP contribution is 2.36. The molecule has 0 aliphatic heterocycles. The molecule has 1 aliphatic carbocycles. The summed E-state index contributed by atoms with van der Waals surface area (Å²) in [6, 6.07) is 11.0. The van der Waals surface area contributed by atoms with Crippen molar-refractivity contribution in [2.75, 3.05) is 6.26 Å². The molecule has 0 saturated carbocycles. The van der Waals surface area contributed by atoms with Gasteiger partial charge in [0.05, 0.1) is 4.90 Å². The first-order chi connectivity index (χ1) is 10.1. The van der Waals surface area contributed by atoms with E-state index >= 15 is 0 Å². The van der Waals surface area contributed by atoms with Crippen LogP contribution in [0.1, 0.15) is 17.5 Å². The summed E-state index contributed by atoms with van der Waals surface area (Å²) in [4.78, 5) is 4.50. The molecule has 0 bridgehead atoms. The first-order valence-corrected chi connectivity index (χ1v) is 8.56. The molecule has 1 aliphatic rings. The summed E-state index contributed by atoms with van der Waals surface area (Å²) in [5.41, 5.74) is 4.38. The molecule has 1 heterocycles. The third-order valence-corrected chi connectivity index (χ3v) is 4.63. The van der Waals surface area contributed by atoms with E-state index in [9.17, 15) is 8.42 Å². The number of hydrogen-bond acceptors (Lipinski definition) is 3. The van der Waals surface area contributed by atoms with Crippen LogP contribution in [0, 0.1) is 0 Å². The first-order valence-electron chi connectivity index (χ1n) is 6.67. The second kappa shape index (κ2) is 5.30. The average Bonchev–Trinajstić information content (AvgIpc) is 2.97. The van der Waals surface area contributed by atoms with Gasteiger partial charge in [-0.05, 0) is 41.3 Å². The Bertz CT molecular complexity index is 817. The van der Waals surface area contributed by atoms with E-state index in [-0.39, 0.29) is 0 Å². The summed E-state index contributed by atoms with van der Waals surface area (Å²) >= 11 is 0. The van der Waals surface area contributed by atoms with Gasteiger partial charge in [0.1, 0.15) is 0 Å². The summed E-state index contributed by atoms with van der Waals surface area (Å²) in [5, 5.41) is 0. The van der Waals surface area contributed by atoms with E-state index in [0.29, 0.717) is 4.90 Å². The molecule has 0 amide bonds. The predicted molar refractivity (Wildman–Crippen MR) is 84.4 cm³/mol. The first kappa shape index (κ1) is 13.8. The van der Waals surface area contributed by atoms with Gasteiger partial charge >= 0.3 is 0 Å². The van der Waals surface area contributed by atoms with Gasteiger partial charge in [0.2, 0.25) is 0 Å². The second-order valence-corrected chi connectivity index (χ2v) is 7.03. The predicted octanol–water partition coefficient (Wildman–Crippen LogP) is 3.36. The van der Waals surface area contributed by atoms with Gasteiger partial charge in [-0.1, -0.05) is 30.4 Å². The minimum absolute atomic E-state index is 0.344. The monoisotopic (exact) mass is 297 g/mol. The number of pyridine rings is 1. The molecule has 106 valence electrons. The molecule has 21 heavy (non-hydrogen) atoms. The number of aromatic nitrogens is 1. The molecular weight excluding hydrogens is 282 g/mol. The molecule has 3 rings (SSSR count). The lowest BCUT2D eigenvalue weighted by Gasteiger charge is -2.10.